The molecule has 0 aromatic carbocycles. The van der Waals surface area contributed by atoms with E-state index in [4.69, 9.17) is 10.8 Å². The van der Waals surface area contributed by atoms with Crippen molar-refractivity contribution < 1.29 is 14.7 Å². The minimum atomic E-state index is -0.916. The summed E-state index contributed by atoms with van der Waals surface area (Å²) < 4.78 is 0. The smallest absolute Gasteiger partial charge is 0.308 e. The first-order valence-corrected chi connectivity index (χ1v) is 6.97. The van der Waals surface area contributed by atoms with Crippen LogP contribution < -0.4 is 5.73 Å². The summed E-state index contributed by atoms with van der Waals surface area (Å²) in [5.74, 6) is -1.77. The SMILES string of the molecule is CCN(CC(C)C(=O)O)C(=O)c1csc(C(C)N)n1. The lowest BCUT2D eigenvalue weighted by Crippen LogP contribution is -2.37. The van der Waals surface area contributed by atoms with Gasteiger partial charge in [0.2, 0.25) is 0 Å². The van der Waals surface area contributed by atoms with Crippen molar-refractivity contribution in [2.24, 2.45) is 11.7 Å². The number of hydrogen-bond donors (Lipinski definition) is 2. The molecule has 1 aromatic heterocycles. The van der Waals surface area contributed by atoms with E-state index in [-0.39, 0.29) is 18.5 Å². The van der Waals surface area contributed by atoms with Crippen LogP contribution in [0, 0.1) is 5.92 Å². The number of hydrogen-bond acceptors (Lipinski definition) is 5. The second kappa shape index (κ2) is 6.63. The molecule has 3 N–H and O–H groups in total. The van der Waals surface area contributed by atoms with E-state index < -0.39 is 11.9 Å². The molecule has 1 rings (SSSR count). The molecule has 0 aliphatic heterocycles. The third-order valence-electron chi connectivity index (χ3n) is 2.72. The molecular weight excluding hydrogens is 266 g/mol. The lowest BCUT2D eigenvalue weighted by Gasteiger charge is -2.21. The van der Waals surface area contributed by atoms with Gasteiger partial charge in [-0.05, 0) is 13.8 Å². The molecular formula is C12H19N3O3S. The number of aliphatic carboxylic acids is 1. The van der Waals surface area contributed by atoms with Gasteiger partial charge in [-0.1, -0.05) is 6.92 Å². The molecule has 1 amide bonds. The maximum Gasteiger partial charge on any atom is 0.308 e. The first-order chi connectivity index (χ1) is 8.86. The first-order valence-electron chi connectivity index (χ1n) is 6.09. The van der Waals surface area contributed by atoms with E-state index >= 15 is 0 Å². The summed E-state index contributed by atoms with van der Waals surface area (Å²) in [5, 5.41) is 11.2. The quantitative estimate of drug-likeness (QED) is 0.822. The van der Waals surface area contributed by atoms with E-state index in [1.54, 1.807) is 19.2 Å². The molecule has 0 aliphatic rings. The van der Waals surface area contributed by atoms with Crippen molar-refractivity contribution in [3.05, 3.63) is 16.1 Å². The van der Waals surface area contributed by atoms with Crippen molar-refractivity contribution in [3.63, 3.8) is 0 Å². The zero-order chi connectivity index (χ0) is 14.6. The molecule has 6 nitrogen and oxygen atoms in total. The van der Waals surface area contributed by atoms with Gasteiger partial charge in [-0.15, -0.1) is 11.3 Å². The predicted molar refractivity (Wildman–Crippen MR) is 73.1 cm³/mol. The highest BCUT2D eigenvalue weighted by atomic mass is 32.1. The van der Waals surface area contributed by atoms with Gasteiger partial charge in [0, 0.05) is 18.5 Å². The number of thiazole rings is 1. The molecule has 0 fully saturated rings. The summed E-state index contributed by atoms with van der Waals surface area (Å²) in [4.78, 5) is 28.7. The van der Waals surface area contributed by atoms with E-state index in [1.807, 2.05) is 6.92 Å². The molecule has 0 bridgehead atoms. The molecule has 0 saturated carbocycles. The largest absolute Gasteiger partial charge is 0.481 e. The molecule has 0 saturated heterocycles. The number of nitrogens with two attached hydrogens (primary N) is 1. The Morgan fingerprint density at radius 2 is 2.16 bits per heavy atom. The van der Waals surface area contributed by atoms with Gasteiger partial charge in [0.15, 0.2) is 0 Å². The molecule has 19 heavy (non-hydrogen) atoms. The number of rotatable bonds is 6. The van der Waals surface area contributed by atoms with E-state index in [0.29, 0.717) is 17.2 Å². The number of carbonyl (C=O) groups excluding carboxylic acids is 1. The lowest BCUT2D eigenvalue weighted by molar-refractivity contribution is -0.141. The van der Waals surface area contributed by atoms with Gasteiger partial charge >= 0.3 is 5.97 Å². The zero-order valence-electron chi connectivity index (χ0n) is 11.3. The Morgan fingerprint density at radius 3 is 2.58 bits per heavy atom. The van der Waals surface area contributed by atoms with Gasteiger partial charge in [-0.2, -0.15) is 0 Å². The molecule has 2 atom stereocenters. The van der Waals surface area contributed by atoms with Crippen LogP contribution in [-0.4, -0.2) is 40.0 Å². The molecule has 0 spiro atoms. The van der Waals surface area contributed by atoms with Gasteiger partial charge in [0.1, 0.15) is 10.7 Å². The van der Waals surface area contributed by atoms with Gasteiger partial charge in [-0.25, -0.2) is 4.98 Å². The Morgan fingerprint density at radius 1 is 1.53 bits per heavy atom. The van der Waals surface area contributed by atoms with Gasteiger partial charge < -0.3 is 15.7 Å². The number of carboxylic acids is 1. The van der Waals surface area contributed by atoms with Crippen LogP contribution in [0.15, 0.2) is 5.38 Å². The maximum absolute atomic E-state index is 12.2. The van der Waals surface area contributed by atoms with E-state index in [1.165, 1.54) is 16.2 Å². The van der Waals surface area contributed by atoms with Crippen LogP contribution in [0.3, 0.4) is 0 Å². The number of amides is 1. The molecule has 0 radical (unpaired) electrons. The van der Waals surface area contributed by atoms with Crippen LogP contribution in [0.4, 0.5) is 0 Å². The number of nitrogens with zero attached hydrogens (tertiary/aromatic N) is 2. The molecule has 7 heteroatoms. The Kier molecular flexibility index (Phi) is 5.44. The number of carboxylic acid groups (broad SMARTS) is 1. The average Bonchev–Trinajstić information content (AvgIpc) is 2.84. The summed E-state index contributed by atoms with van der Waals surface area (Å²) in [6, 6.07) is -0.209. The summed E-state index contributed by atoms with van der Waals surface area (Å²) >= 11 is 1.34. The highest BCUT2D eigenvalue weighted by molar-refractivity contribution is 7.09. The zero-order valence-corrected chi connectivity index (χ0v) is 12.1. The van der Waals surface area contributed by atoms with Gasteiger partial charge in [0.25, 0.3) is 5.91 Å². The summed E-state index contributed by atoms with van der Waals surface area (Å²) in [7, 11) is 0. The monoisotopic (exact) mass is 285 g/mol. The van der Waals surface area contributed by atoms with E-state index in [2.05, 4.69) is 4.98 Å². The predicted octanol–water partition coefficient (Wildman–Crippen LogP) is 1.35. The van der Waals surface area contributed by atoms with E-state index in [0.717, 1.165) is 0 Å². The minimum absolute atomic E-state index is 0.176. The third kappa shape index (κ3) is 4.00. The van der Waals surface area contributed by atoms with Gasteiger partial charge in [0.05, 0.1) is 12.0 Å². The number of aromatic nitrogens is 1. The molecule has 2 unspecified atom stereocenters. The summed E-state index contributed by atoms with van der Waals surface area (Å²) in [6.45, 7) is 5.81. The van der Waals surface area contributed by atoms with Crippen molar-refractivity contribution in [2.75, 3.05) is 13.1 Å². The van der Waals surface area contributed by atoms with Crippen LogP contribution in [0.2, 0.25) is 0 Å². The highest BCUT2D eigenvalue weighted by Crippen LogP contribution is 2.17. The minimum Gasteiger partial charge on any atom is -0.481 e. The van der Waals surface area contributed by atoms with Crippen LogP contribution in [0.5, 0.6) is 0 Å². The fourth-order valence-corrected chi connectivity index (χ4v) is 2.27. The molecule has 1 heterocycles. The summed E-state index contributed by atoms with van der Waals surface area (Å²) in [5.41, 5.74) is 6.03. The van der Waals surface area contributed by atoms with Crippen molar-refractivity contribution in [2.45, 2.75) is 26.8 Å². The Balaban J connectivity index is 2.80. The topological polar surface area (TPSA) is 96.5 Å². The lowest BCUT2D eigenvalue weighted by atomic mass is 10.1. The highest BCUT2D eigenvalue weighted by Gasteiger charge is 2.22. The standard InChI is InChI=1S/C12H19N3O3S/c1-4-15(5-7(2)12(17)18)11(16)9-6-19-10(14-9)8(3)13/h6-8H,4-5,13H2,1-3H3,(H,17,18). The van der Waals surface area contributed by atoms with Crippen LogP contribution in [-0.2, 0) is 4.79 Å². The number of carbonyl (C=O) groups is 2. The van der Waals surface area contributed by atoms with Crippen molar-refractivity contribution in [1.29, 1.82) is 0 Å². The molecule has 106 valence electrons. The second-order valence-corrected chi connectivity index (χ2v) is 5.33. The van der Waals surface area contributed by atoms with Crippen LogP contribution >= 0.6 is 11.3 Å². The Bertz CT molecular complexity index is 459. The maximum atomic E-state index is 12.2. The fraction of sp³-hybridized carbons (Fsp3) is 0.583. The first kappa shape index (κ1) is 15.6. The molecule has 0 aliphatic carbocycles. The van der Waals surface area contributed by atoms with Gasteiger partial charge in [-0.3, -0.25) is 9.59 Å². The third-order valence-corrected chi connectivity index (χ3v) is 3.76. The molecule has 1 aromatic rings. The summed E-state index contributed by atoms with van der Waals surface area (Å²) in [6.07, 6.45) is 0. The van der Waals surface area contributed by atoms with Crippen molar-refractivity contribution >= 4 is 23.2 Å². The normalized spacial score (nSPS) is 13.9. The Hall–Kier alpha value is -1.47. The van der Waals surface area contributed by atoms with Crippen molar-refractivity contribution in [1.82, 2.24) is 9.88 Å². The average molecular weight is 285 g/mol. The fourth-order valence-electron chi connectivity index (χ4n) is 1.52. The van der Waals surface area contributed by atoms with E-state index in [9.17, 15) is 9.59 Å². The Labute approximate surface area is 116 Å². The van der Waals surface area contributed by atoms with Crippen LogP contribution in [0.1, 0.15) is 42.3 Å². The second-order valence-electron chi connectivity index (χ2n) is 4.44. The van der Waals surface area contributed by atoms with Crippen LogP contribution in [0.25, 0.3) is 0 Å². The van der Waals surface area contributed by atoms with Crippen molar-refractivity contribution in [3.8, 4) is 0 Å².